The Morgan fingerprint density at radius 3 is 2.50 bits per heavy atom. The van der Waals surface area contributed by atoms with Crippen molar-refractivity contribution in [3.8, 4) is 0 Å². The van der Waals surface area contributed by atoms with E-state index in [9.17, 15) is 4.79 Å². The minimum atomic E-state index is -0.183. The summed E-state index contributed by atoms with van der Waals surface area (Å²) in [5, 5.41) is 13.6. The Morgan fingerprint density at radius 1 is 1.03 bits per heavy atom. The molecule has 0 aliphatic carbocycles. The van der Waals surface area contributed by atoms with Crippen LogP contribution in [0.1, 0.15) is 55.3 Å². The first-order valence-corrected chi connectivity index (χ1v) is 12.2. The van der Waals surface area contributed by atoms with Gasteiger partial charge in [0.15, 0.2) is 5.82 Å². The molecule has 9 heteroatoms. The van der Waals surface area contributed by atoms with Gasteiger partial charge in [0.05, 0.1) is 25.1 Å². The molecule has 1 atom stereocenters. The van der Waals surface area contributed by atoms with Crippen LogP contribution in [0.15, 0.2) is 74.7 Å². The summed E-state index contributed by atoms with van der Waals surface area (Å²) < 4.78 is 13.0. The molecule has 4 heterocycles. The third-order valence-electron chi connectivity index (χ3n) is 6.44. The van der Waals surface area contributed by atoms with Gasteiger partial charge in [0.25, 0.3) is 5.56 Å². The highest BCUT2D eigenvalue weighted by Crippen LogP contribution is 2.30. The summed E-state index contributed by atoms with van der Waals surface area (Å²) in [5.41, 5.74) is 2.64. The number of furan rings is 2. The molecule has 4 aromatic heterocycles. The third kappa shape index (κ3) is 5.01. The second-order valence-electron chi connectivity index (χ2n) is 9.35. The van der Waals surface area contributed by atoms with Crippen LogP contribution in [-0.4, -0.2) is 30.1 Å². The summed E-state index contributed by atoms with van der Waals surface area (Å²) in [7, 11) is 0. The van der Waals surface area contributed by atoms with E-state index in [2.05, 4.69) is 58.3 Å². The Hall–Kier alpha value is -3.98. The maximum atomic E-state index is 13.1. The number of tetrazole rings is 1. The molecule has 1 N–H and O–H groups in total. The lowest BCUT2D eigenvalue weighted by atomic mass is 10.00. The molecule has 0 unspecified atom stereocenters. The zero-order valence-electron chi connectivity index (χ0n) is 20.7. The van der Waals surface area contributed by atoms with E-state index in [0.717, 1.165) is 28.8 Å². The van der Waals surface area contributed by atoms with Crippen LogP contribution in [0.4, 0.5) is 0 Å². The number of hydrogen-bond acceptors (Lipinski definition) is 7. The molecule has 36 heavy (non-hydrogen) atoms. The molecule has 0 bridgehead atoms. The molecule has 9 nitrogen and oxygen atoms in total. The summed E-state index contributed by atoms with van der Waals surface area (Å²) in [6, 6.07) is 15.5. The summed E-state index contributed by atoms with van der Waals surface area (Å²) in [5.74, 6) is 2.42. The predicted molar refractivity (Wildman–Crippen MR) is 135 cm³/mol. The smallest absolute Gasteiger partial charge is 0.252 e. The van der Waals surface area contributed by atoms with Crippen LogP contribution in [0.25, 0.3) is 10.9 Å². The molecule has 0 fully saturated rings. The maximum absolute atomic E-state index is 13.1. The number of rotatable bonds is 10. The number of H-pyrrole nitrogens is 1. The molecule has 0 saturated heterocycles. The summed E-state index contributed by atoms with van der Waals surface area (Å²) in [6.07, 6.45) is 4.23. The molecule has 0 saturated carbocycles. The van der Waals surface area contributed by atoms with Gasteiger partial charge >= 0.3 is 0 Å². The van der Waals surface area contributed by atoms with Gasteiger partial charge in [-0.25, -0.2) is 4.68 Å². The van der Waals surface area contributed by atoms with Crippen LogP contribution in [0.2, 0.25) is 0 Å². The lowest BCUT2D eigenvalue weighted by Crippen LogP contribution is -2.35. The first-order chi connectivity index (χ1) is 17.5. The summed E-state index contributed by atoms with van der Waals surface area (Å²) in [6.45, 7) is 7.70. The van der Waals surface area contributed by atoms with Crippen molar-refractivity contribution in [2.45, 2.75) is 52.9 Å². The van der Waals surface area contributed by atoms with E-state index in [4.69, 9.17) is 8.83 Å². The van der Waals surface area contributed by atoms with Gasteiger partial charge in [-0.1, -0.05) is 26.8 Å². The van der Waals surface area contributed by atoms with Gasteiger partial charge < -0.3 is 13.8 Å². The minimum Gasteiger partial charge on any atom is -0.468 e. The van der Waals surface area contributed by atoms with Gasteiger partial charge in [-0.15, -0.1) is 5.10 Å². The van der Waals surface area contributed by atoms with Crippen molar-refractivity contribution in [1.29, 1.82) is 0 Å². The van der Waals surface area contributed by atoms with Gasteiger partial charge in [-0.2, -0.15) is 0 Å². The van der Waals surface area contributed by atoms with Gasteiger partial charge in [-0.3, -0.25) is 9.69 Å². The lowest BCUT2D eigenvalue weighted by molar-refractivity contribution is 0.116. The van der Waals surface area contributed by atoms with Crippen molar-refractivity contribution in [1.82, 2.24) is 30.1 Å². The predicted octanol–water partition coefficient (Wildman–Crippen LogP) is 4.71. The number of aromatic nitrogens is 5. The molecule has 5 aromatic rings. The van der Waals surface area contributed by atoms with Gasteiger partial charge in [0.2, 0.25) is 0 Å². The van der Waals surface area contributed by atoms with Crippen molar-refractivity contribution in [2.24, 2.45) is 5.92 Å². The first kappa shape index (κ1) is 23.7. The number of fused-ring (bicyclic) bond motifs is 1. The second kappa shape index (κ2) is 10.3. The van der Waals surface area contributed by atoms with E-state index >= 15 is 0 Å². The van der Waals surface area contributed by atoms with E-state index in [1.165, 1.54) is 5.56 Å². The van der Waals surface area contributed by atoms with E-state index in [-0.39, 0.29) is 17.5 Å². The Bertz CT molecular complexity index is 1470. The van der Waals surface area contributed by atoms with Crippen LogP contribution >= 0.6 is 0 Å². The topological polar surface area (TPSA) is 106 Å². The maximum Gasteiger partial charge on any atom is 0.252 e. The molecule has 186 valence electrons. The standard InChI is InChI=1S/C27H30N6O3/c1-4-19-9-10-24-20(13-19)14-21(27(34)28-24)15-32(16-22-7-5-11-35-22)25(18(2)3)26-29-30-31-33(26)17-23-8-6-12-36-23/h5-14,18,25H,4,15-17H2,1-3H3,(H,28,34)/t25-/m0/s1. The minimum absolute atomic E-state index is 0.103. The average Bonchev–Trinajstić information content (AvgIpc) is 3.64. The highest BCUT2D eigenvalue weighted by molar-refractivity contribution is 5.79. The lowest BCUT2D eigenvalue weighted by Gasteiger charge is -2.32. The van der Waals surface area contributed by atoms with E-state index in [0.29, 0.717) is 31.0 Å². The number of nitrogens with zero attached hydrogens (tertiary/aromatic N) is 5. The fourth-order valence-electron chi connectivity index (χ4n) is 4.68. The van der Waals surface area contributed by atoms with Crippen molar-refractivity contribution >= 4 is 10.9 Å². The SMILES string of the molecule is CCc1ccc2[nH]c(=O)c(CN(Cc3ccco3)[C@H](c3nnnn3Cc3ccco3)C(C)C)cc2c1. The molecule has 0 aliphatic rings. The van der Waals surface area contributed by atoms with Crippen LogP contribution in [0.3, 0.4) is 0 Å². The first-order valence-electron chi connectivity index (χ1n) is 12.2. The van der Waals surface area contributed by atoms with Crippen molar-refractivity contribution in [3.05, 3.63) is 99.9 Å². The van der Waals surface area contributed by atoms with Gasteiger partial charge in [0.1, 0.15) is 18.1 Å². The van der Waals surface area contributed by atoms with Crippen molar-refractivity contribution in [2.75, 3.05) is 0 Å². The second-order valence-corrected chi connectivity index (χ2v) is 9.35. The monoisotopic (exact) mass is 486 g/mol. The zero-order valence-corrected chi connectivity index (χ0v) is 20.7. The molecule has 5 rings (SSSR count). The largest absolute Gasteiger partial charge is 0.468 e. The fraction of sp³-hybridized carbons (Fsp3) is 0.333. The van der Waals surface area contributed by atoms with Crippen molar-refractivity contribution < 1.29 is 8.83 Å². The molecular weight excluding hydrogens is 456 g/mol. The molecule has 0 radical (unpaired) electrons. The number of hydrogen-bond donors (Lipinski definition) is 1. The number of benzene rings is 1. The Morgan fingerprint density at radius 2 is 1.81 bits per heavy atom. The Labute approximate surface area is 208 Å². The Kier molecular flexibility index (Phi) is 6.81. The number of nitrogens with one attached hydrogen (secondary N) is 1. The normalized spacial score (nSPS) is 12.7. The van der Waals surface area contributed by atoms with Gasteiger partial charge in [0, 0.05) is 17.6 Å². The third-order valence-corrected chi connectivity index (χ3v) is 6.44. The van der Waals surface area contributed by atoms with Crippen LogP contribution < -0.4 is 5.56 Å². The fourth-order valence-corrected chi connectivity index (χ4v) is 4.68. The quantitative estimate of drug-likeness (QED) is 0.305. The molecular formula is C27H30N6O3. The van der Waals surface area contributed by atoms with Crippen LogP contribution in [-0.2, 0) is 26.1 Å². The van der Waals surface area contributed by atoms with E-state index < -0.39 is 0 Å². The number of aryl methyl sites for hydroxylation is 1. The molecule has 0 aliphatic heterocycles. The Balaban J connectivity index is 1.54. The average molecular weight is 487 g/mol. The molecule has 0 spiro atoms. The number of aromatic amines is 1. The van der Waals surface area contributed by atoms with Crippen LogP contribution in [0.5, 0.6) is 0 Å². The number of pyridine rings is 1. The summed E-state index contributed by atoms with van der Waals surface area (Å²) >= 11 is 0. The van der Waals surface area contributed by atoms with Gasteiger partial charge in [-0.05, 0) is 76.2 Å². The van der Waals surface area contributed by atoms with Crippen LogP contribution in [0, 0.1) is 5.92 Å². The molecule has 0 amide bonds. The van der Waals surface area contributed by atoms with Crippen molar-refractivity contribution in [3.63, 3.8) is 0 Å². The highest BCUT2D eigenvalue weighted by atomic mass is 16.3. The zero-order chi connectivity index (χ0) is 25.1. The summed E-state index contributed by atoms with van der Waals surface area (Å²) in [4.78, 5) is 18.4. The van der Waals surface area contributed by atoms with E-state index in [1.807, 2.05) is 36.4 Å². The highest BCUT2D eigenvalue weighted by Gasteiger charge is 2.31. The van der Waals surface area contributed by atoms with E-state index in [1.54, 1.807) is 17.2 Å². The molecule has 1 aromatic carbocycles.